The highest BCUT2D eigenvalue weighted by molar-refractivity contribution is 5.77. The molecule has 1 saturated carbocycles. The third-order valence-electron chi connectivity index (χ3n) is 6.41. The predicted octanol–water partition coefficient (Wildman–Crippen LogP) is 3.41. The number of carbonyl (C=O) groups excluding carboxylic acids is 1. The number of hydrogen-bond donors (Lipinski definition) is 3. The minimum absolute atomic E-state index is 0.0605. The van der Waals surface area contributed by atoms with E-state index in [0.29, 0.717) is 31.6 Å². The van der Waals surface area contributed by atoms with Crippen molar-refractivity contribution in [3.63, 3.8) is 0 Å². The van der Waals surface area contributed by atoms with Crippen LogP contribution in [-0.4, -0.2) is 60.2 Å². The molecule has 1 aromatic rings. The molecule has 3 N–H and O–H groups in total. The van der Waals surface area contributed by atoms with E-state index < -0.39 is 23.9 Å². The number of methoxy groups -OCH3 is 1. The number of rotatable bonds is 10. The number of carbonyl (C=O) groups is 1. The van der Waals surface area contributed by atoms with Crippen molar-refractivity contribution in [3.05, 3.63) is 35.5 Å². The van der Waals surface area contributed by atoms with Gasteiger partial charge in [0.25, 0.3) is 0 Å². The van der Waals surface area contributed by atoms with Crippen LogP contribution in [-0.2, 0) is 16.0 Å². The first-order valence-corrected chi connectivity index (χ1v) is 12.2. The second kappa shape index (κ2) is 11.1. The summed E-state index contributed by atoms with van der Waals surface area (Å²) < 4.78 is 24.9. The minimum atomic E-state index is -0.853. The van der Waals surface area contributed by atoms with Crippen LogP contribution in [0.15, 0.2) is 24.4 Å². The van der Waals surface area contributed by atoms with Crippen molar-refractivity contribution in [2.75, 3.05) is 20.3 Å². The maximum Gasteiger partial charge on any atom is 0.246 e. The van der Waals surface area contributed by atoms with E-state index in [4.69, 9.17) is 9.47 Å². The van der Waals surface area contributed by atoms with Gasteiger partial charge in [-0.25, -0.2) is 9.37 Å². The first kappa shape index (κ1) is 26.6. The van der Waals surface area contributed by atoms with Crippen LogP contribution in [0.5, 0.6) is 5.88 Å². The van der Waals surface area contributed by atoms with Crippen LogP contribution in [0.4, 0.5) is 4.39 Å². The molecule has 2 aliphatic rings. The van der Waals surface area contributed by atoms with Gasteiger partial charge in [-0.15, -0.1) is 0 Å². The summed E-state index contributed by atoms with van der Waals surface area (Å²) in [5.74, 6) is 0.271. The normalized spacial score (nSPS) is 26.0. The Bertz CT molecular complexity index is 864. The molecular formula is C26H40FN3O4. The molecule has 3 rings (SSSR count). The van der Waals surface area contributed by atoms with Crippen LogP contribution < -0.4 is 15.4 Å². The lowest BCUT2D eigenvalue weighted by molar-refractivity contribution is -0.126. The van der Waals surface area contributed by atoms with E-state index in [1.54, 1.807) is 0 Å². The van der Waals surface area contributed by atoms with Gasteiger partial charge >= 0.3 is 0 Å². The smallest absolute Gasteiger partial charge is 0.246 e. The molecule has 0 unspecified atom stereocenters. The second-order valence-corrected chi connectivity index (χ2v) is 10.9. The number of fused-ring (bicyclic) bond motifs is 1. The van der Waals surface area contributed by atoms with E-state index in [9.17, 15) is 14.3 Å². The number of nitrogens with zero attached hydrogens (tertiary/aromatic N) is 1. The van der Waals surface area contributed by atoms with E-state index in [1.807, 2.05) is 25.3 Å². The van der Waals surface area contributed by atoms with Crippen molar-refractivity contribution < 1.29 is 23.8 Å². The molecule has 1 amide bonds. The Morgan fingerprint density at radius 3 is 2.76 bits per heavy atom. The lowest BCUT2D eigenvalue weighted by Gasteiger charge is -2.49. The molecular weight excluding hydrogens is 437 g/mol. The number of nitrogens with one attached hydrogen (secondary N) is 2. The molecule has 1 aliphatic heterocycles. The molecule has 0 radical (unpaired) electrons. The predicted molar refractivity (Wildman–Crippen MR) is 129 cm³/mol. The Morgan fingerprint density at radius 1 is 1.41 bits per heavy atom. The van der Waals surface area contributed by atoms with Crippen LogP contribution in [0.1, 0.15) is 70.5 Å². The van der Waals surface area contributed by atoms with Crippen LogP contribution in [0.25, 0.3) is 0 Å². The zero-order valence-corrected chi connectivity index (χ0v) is 21.1. The van der Waals surface area contributed by atoms with Gasteiger partial charge in [0.1, 0.15) is 18.4 Å². The molecule has 8 heteroatoms. The van der Waals surface area contributed by atoms with Crippen molar-refractivity contribution in [2.45, 2.75) is 89.8 Å². The summed E-state index contributed by atoms with van der Waals surface area (Å²) in [5.41, 5.74) is 1.62. The summed E-state index contributed by atoms with van der Waals surface area (Å²) in [7, 11) is 1.46. The summed E-state index contributed by atoms with van der Waals surface area (Å²) in [6.45, 7) is 8.65. The Hall–Kier alpha value is -2.03. The fourth-order valence-electron chi connectivity index (χ4n) is 4.85. The minimum Gasteiger partial charge on any atom is -0.471 e. The highest BCUT2D eigenvalue weighted by Gasteiger charge is 2.51. The van der Waals surface area contributed by atoms with Crippen LogP contribution in [0, 0.1) is 5.41 Å². The molecule has 0 bridgehead atoms. The molecule has 1 aliphatic carbocycles. The highest BCUT2D eigenvalue weighted by atomic mass is 19.1. The zero-order chi connectivity index (χ0) is 24.9. The number of aromatic nitrogens is 1. The first-order chi connectivity index (χ1) is 16.0. The largest absolute Gasteiger partial charge is 0.471 e. The summed E-state index contributed by atoms with van der Waals surface area (Å²) in [4.78, 5) is 16.6. The van der Waals surface area contributed by atoms with Crippen molar-refractivity contribution in [1.82, 2.24) is 15.6 Å². The Balaban J connectivity index is 1.76. The van der Waals surface area contributed by atoms with Gasteiger partial charge in [0, 0.05) is 50.7 Å². The Kier molecular flexibility index (Phi) is 8.71. The number of alkyl halides is 1. The maximum atomic E-state index is 13.8. The number of aliphatic hydroxyl groups is 1. The number of hydrogen-bond acceptors (Lipinski definition) is 6. The summed E-state index contributed by atoms with van der Waals surface area (Å²) in [6.07, 6.45) is 6.68. The average molecular weight is 478 g/mol. The number of amides is 1. The molecule has 0 saturated heterocycles. The van der Waals surface area contributed by atoms with Crippen LogP contribution in [0.2, 0.25) is 0 Å². The second-order valence-electron chi connectivity index (χ2n) is 10.9. The first-order valence-electron chi connectivity index (χ1n) is 12.2. The Labute approximate surface area is 202 Å². The van der Waals surface area contributed by atoms with Crippen molar-refractivity contribution in [3.8, 4) is 5.88 Å². The van der Waals surface area contributed by atoms with Crippen LogP contribution >= 0.6 is 0 Å². The van der Waals surface area contributed by atoms with Gasteiger partial charge in [0.15, 0.2) is 0 Å². The number of halogens is 1. The molecule has 0 aromatic carbocycles. The quantitative estimate of drug-likeness (QED) is 0.447. The average Bonchev–Trinajstić information content (AvgIpc) is 2.73. The summed E-state index contributed by atoms with van der Waals surface area (Å²) in [6, 6.07) is 1.53. The topological polar surface area (TPSA) is 92.7 Å². The third-order valence-corrected chi connectivity index (χ3v) is 6.41. The van der Waals surface area contributed by atoms with Crippen molar-refractivity contribution in [2.24, 2.45) is 5.41 Å². The number of ether oxygens (including phenoxy) is 2. The summed E-state index contributed by atoms with van der Waals surface area (Å²) in [5, 5.41) is 17.2. The van der Waals surface area contributed by atoms with E-state index in [2.05, 4.69) is 42.5 Å². The Morgan fingerprint density at radius 2 is 2.15 bits per heavy atom. The molecule has 1 fully saturated rings. The van der Waals surface area contributed by atoms with Crippen LogP contribution in [0.3, 0.4) is 0 Å². The molecule has 1 spiro atoms. The lowest BCUT2D eigenvalue weighted by Crippen LogP contribution is -2.55. The van der Waals surface area contributed by atoms with Gasteiger partial charge in [-0.1, -0.05) is 32.9 Å². The van der Waals surface area contributed by atoms with E-state index >= 15 is 0 Å². The van der Waals surface area contributed by atoms with Gasteiger partial charge in [-0.3, -0.25) is 4.79 Å². The number of allylic oxidation sites excluding steroid dienone is 1. The molecule has 2 heterocycles. The fraction of sp³-hybridized carbons (Fsp3) is 0.692. The van der Waals surface area contributed by atoms with Crippen molar-refractivity contribution in [1.29, 1.82) is 0 Å². The maximum absolute atomic E-state index is 13.8. The molecule has 190 valence electrons. The van der Waals surface area contributed by atoms with Gasteiger partial charge in [-0.05, 0) is 36.8 Å². The fourth-order valence-corrected chi connectivity index (χ4v) is 4.85. The monoisotopic (exact) mass is 477 g/mol. The van der Waals surface area contributed by atoms with Gasteiger partial charge in [0.05, 0.1) is 12.1 Å². The molecule has 3 atom stereocenters. The van der Waals surface area contributed by atoms with E-state index in [-0.39, 0.29) is 30.5 Å². The van der Waals surface area contributed by atoms with E-state index in [1.165, 1.54) is 7.11 Å². The van der Waals surface area contributed by atoms with Gasteiger partial charge in [-0.2, -0.15) is 0 Å². The zero-order valence-electron chi connectivity index (χ0n) is 21.1. The number of aliphatic hydroxyl groups excluding tert-OH is 1. The summed E-state index contributed by atoms with van der Waals surface area (Å²) >= 11 is 0. The standard InChI is InChI=1S/C26H40FN3O4/c1-6-7-8-20(30-23(32)16-33-5)22(31)15-28-21-13-26(11-18(27)12-26)34-24-19(21)9-17(14-29-24)10-25(2,3)4/h6-7,9,14,18,20-22,28,31H,8,10-13,15-16H2,1-5H3,(H,30,32)/b7-6+/t18?,20-,21-,22+,26?/m0/s1. The highest BCUT2D eigenvalue weighted by Crippen LogP contribution is 2.49. The molecule has 1 aromatic heterocycles. The SMILES string of the molecule is C/C=C/C[C@H](NC(=O)COC)[C@H](O)CN[C@H]1CC2(CC(F)C2)Oc2ncc(CC(C)(C)C)cc21. The number of pyridine rings is 1. The van der Waals surface area contributed by atoms with Gasteiger partial charge in [0.2, 0.25) is 11.8 Å². The lowest BCUT2D eigenvalue weighted by atomic mass is 9.72. The van der Waals surface area contributed by atoms with E-state index in [0.717, 1.165) is 17.5 Å². The van der Waals surface area contributed by atoms with Gasteiger partial charge < -0.3 is 25.2 Å². The molecule has 34 heavy (non-hydrogen) atoms. The molecule has 7 nitrogen and oxygen atoms in total. The van der Waals surface area contributed by atoms with Crippen molar-refractivity contribution >= 4 is 5.91 Å². The third kappa shape index (κ3) is 6.99.